The number of rotatable bonds is 3. The first-order valence-corrected chi connectivity index (χ1v) is 4.44. The molecule has 0 atom stereocenters. The molecule has 1 heterocycles. The standard InChI is InChI=1S/C8H11ClN2O/c9-7-6(11-5-12-7)1-2-8(10)3-4-8/h5H,1-4,10H2. The van der Waals surface area contributed by atoms with Crippen LogP contribution >= 0.6 is 11.6 Å². The Morgan fingerprint density at radius 2 is 2.42 bits per heavy atom. The van der Waals surface area contributed by atoms with Crippen molar-refractivity contribution in [3.8, 4) is 0 Å². The molecule has 2 N–H and O–H groups in total. The van der Waals surface area contributed by atoms with Crippen molar-refractivity contribution in [1.29, 1.82) is 0 Å². The Kier molecular flexibility index (Phi) is 1.85. The van der Waals surface area contributed by atoms with Crippen molar-refractivity contribution < 1.29 is 4.42 Å². The van der Waals surface area contributed by atoms with Crippen molar-refractivity contribution in [1.82, 2.24) is 4.98 Å². The number of nitrogens with two attached hydrogens (primary N) is 1. The highest BCUT2D eigenvalue weighted by atomic mass is 35.5. The van der Waals surface area contributed by atoms with Crippen LogP contribution in [0.25, 0.3) is 0 Å². The minimum atomic E-state index is 0.0717. The molecule has 1 aliphatic rings. The van der Waals surface area contributed by atoms with Crippen LogP contribution in [0.5, 0.6) is 0 Å². The van der Waals surface area contributed by atoms with E-state index in [-0.39, 0.29) is 5.54 Å². The third-order valence-corrected chi connectivity index (χ3v) is 2.65. The largest absolute Gasteiger partial charge is 0.432 e. The quantitative estimate of drug-likeness (QED) is 0.783. The Bertz CT molecular complexity index is 280. The summed E-state index contributed by atoms with van der Waals surface area (Å²) < 4.78 is 4.86. The molecule has 1 aromatic heterocycles. The first-order chi connectivity index (χ1) is 5.70. The number of halogens is 1. The zero-order valence-corrected chi connectivity index (χ0v) is 7.47. The first kappa shape index (κ1) is 8.08. The van der Waals surface area contributed by atoms with Gasteiger partial charge in [0.25, 0.3) is 0 Å². The fourth-order valence-corrected chi connectivity index (χ4v) is 1.38. The summed E-state index contributed by atoms with van der Waals surface area (Å²) in [4.78, 5) is 3.99. The summed E-state index contributed by atoms with van der Waals surface area (Å²) in [6.07, 6.45) is 5.41. The molecule has 0 saturated heterocycles. The Balaban J connectivity index is 1.91. The van der Waals surface area contributed by atoms with Gasteiger partial charge in [0.1, 0.15) is 0 Å². The smallest absolute Gasteiger partial charge is 0.216 e. The van der Waals surface area contributed by atoms with Gasteiger partial charge in [0.05, 0.1) is 5.69 Å². The molecule has 0 amide bonds. The maximum Gasteiger partial charge on any atom is 0.216 e. The maximum atomic E-state index is 5.91. The highest BCUT2D eigenvalue weighted by molar-refractivity contribution is 6.29. The molecule has 0 unspecified atom stereocenters. The van der Waals surface area contributed by atoms with Crippen molar-refractivity contribution >= 4 is 11.6 Å². The minimum Gasteiger partial charge on any atom is -0.432 e. The Hall–Kier alpha value is -0.540. The van der Waals surface area contributed by atoms with Gasteiger partial charge < -0.3 is 10.2 Å². The molecule has 0 aliphatic heterocycles. The van der Waals surface area contributed by atoms with Crippen molar-refractivity contribution in [3.63, 3.8) is 0 Å². The average molecular weight is 187 g/mol. The average Bonchev–Trinajstić information content (AvgIpc) is 2.61. The summed E-state index contributed by atoms with van der Waals surface area (Å²) in [7, 11) is 0. The van der Waals surface area contributed by atoms with Crippen LogP contribution in [0.15, 0.2) is 10.8 Å². The van der Waals surface area contributed by atoms with Gasteiger partial charge in [0.2, 0.25) is 5.22 Å². The lowest BCUT2D eigenvalue weighted by Crippen LogP contribution is -2.22. The number of hydrogen-bond donors (Lipinski definition) is 1. The van der Waals surface area contributed by atoms with Crippen molar-refractivity contribution in [2.45, 2.75) is 31.2 Å². The molecule has 1 saturated carbocycles. The Labute approximate surface area is 75.9 Å². The third-order valence-electron chi connectivity index (χ3n) is 2.34. The van der Waals surface area contributed by atoms with Gasteiger partial charge in [-0.05, 0) is 37.3 Å². The molecular formula is C8H11ClN2O. The van der Waals surface area contributed by atoms with Gasteiger partial charge in [0, 0.05) is 5.54 Å². The van der Waals surface area contributed by atoms with Crippen LogP contribution in [-0.4, -0.2) is 10.5 Å². The van der Waals surface area contributed by atoms with Crippen LogP contribution in [0.1, 0.15) is 25.0 Å². The molecule has 66 valence electrons. The van der Waals surface area contributed by atoms with Gasteiger partial charge in [-0.2, -0.15) is 0 Å². The predicted octanol–water partition coefficient (Wildman–Crippen LogP) is 1.75. The van der Waals surface area contributed by atoms with Crippen LogP contribution in [0.3, 0.4) is 0 Å². The SMILES string of the molecule is NC1(CCc2ncoc2Cl)CC1. The molecule has 0 bridgehead atoms. The van der Waals surface area contributed by atoms with Crippen molar-refractivity contribution in [3.05, 3.63) is 17.3 Å². The van der Waals surface area contributed by atoms with Gasteiger partial charge in [-0.25, -0.2) is 4.98 Å². The zero-order chi connectivity index (χ0) is 8.60. The minimum absolute atomic E-state index is 0.0717. The molecular weight excluding hydrogens is 176 g/mol. The van der Waals surface area contributed by atoms with Gasteiger partial charge in [-0.3, -0.25) is 0 Å². The fourth-order valence-electron chi connectivity index (χ4n) is 1.20. The van der Waals surface area contributed by atoms with Crippen LogP contribution < -0.4 is 5.73 Å². The van der Waals surface area contributed by atoms with Crippen LogP contribution in [0.2, 0.25) is 5.22 Å². The van der Waals surface area contributed by atoms with E-state index in [1.807, 2.05) is 0 Å². The van der Waals surface area contributed by atoms with Crippen molar-refractivity contribution in [2.24, 2.45) is 5.73 Å². The van der Waals surface area contributed by atoms with E-state index in [0.717, 1.165) is 31.4 Å². The molecule has 0 spiro atoms. The Morgan fingerprint density at radius 3 is 2.92 bits per heavy atom. The van der Waals surface area contributed by atoms with Gasteiger partial charge in [-0.1, -0.05) is 0 Å². The lowest BCUT2D eigenvalue weighted by atomic mass is 10.1. The highest BCUT2D eigenvalue weighted by Crippen LogP contribution is 2.36. The van der Waals surface area contributed by atoms with E-state index in [2.05, 4.69) is 4.98 Å². The topological polar surface area (TPSA) is 52.0 Å². The second kappa shape index (κ2) is 2.75. The summed E-state index contributed by atoms with van der Waals surface area (Å²) >= 11 is 5.72. The molecule has 2 rings (SSSR count). The monoisotopic (exact) mass is 186 g/mol. The first-order valence-electron chi connectivity index (χ1n) is 4.06. The van der Waals surface area contributed by atoms with E-state index >= 15 is 0 Å². The molecule has 1 fully saturated rings. The zero-order valence-electron chi connectivity index (χ0n) is 6.72. The molecule has 1 aliphatic carbocycles. The second-order valence-electron chi connectivity index (χ2n) is 3.44. The number of oxazole rings is 1. The van der Waals surface area contributed by atoms with E-state index < -0.39 is 0 Å². The molecule has 0 radical (unpaired) electrons. The van der Waals surface area contributed by atoms with Gasteiger partial charge >= 0.3 is 0 Å². The summed E-state index contributed by atoms with van der Waals surface area (Å²) in [6, 6.07) is 0. The highest BCUT2D eigenvalue weighted by Gasteiger charge is 2.37. The molecule has 12 heavy (non-hydrogen) atoms. The molecule has 4 heteroatoms. The lowest BCUT2D eigenvalue weighted by molar-refractivity contribution is 0.555. The Morgan fingerprint density at radius 1 is 1.67 bits per heavy atom. The molecule has 1 aromatic rings. The van der Waals surface area contributed by atoms with E-state index in [0.29, 0.717) is 5.22 Å². The number of aromatic nitrogens is 1. The van der Waals surface area contributed by atoms with E-state index in [9.17, 15) is 0 Å². The van der Waals surface area contributed by atoms with Crippen molar-refractivity contribution in [2.75, 3.05) is 0 Å². The fraction of sp³-hybridized carbons (Fsp3) is 0.625. The summed E-state index contributed by atoms with van der Waals surface area (Å²) in [6.45, 7) is 0. The van der Waals surface area contributed by atoms with Crippen LogP contribution in [0.4, 0.5) is 0 Å². The molecule has 3 nitrogen and oxygen atoms in total. The van der Waals surface area contributed by atoms with Gasteiger partial charge in [0.15, 0.2) is 6.39 Å². The number of aryl methyl sites for hydroxylation is 1. The van der Waals surface area contributed by atoms with E-state index in [1.54, 1.807) is 0 Å². The second-order valence-corrected chi connectivity index (χ2v) is 3.78. The van der Waals surface area contributed by atoms with E-state index in [4.69, 9.17) is 21.8 Å². The maximum absolute atomic E-state index is 5.91. The van der Waals surface area contributed by atoms with Crippen LogP contribution in [0, 0.1) is 0 Å². The summed E-state index contributed by atoms with van der Waals surface area (Å²) in [5, 5.41) is 0.402. The summed E-state index contributed by atoms with van der Waals surface area (Å²) in [5.74, 6) is 0. The predicted molar refractivity (Wildman–Crippen MR) is 46.0 cm³/mol. The normalized spacial score (nSPS) is 19.5. The number of hydrogen-bond acceptors (Lipinski definition) is 3. The third kappa shape index (κ3) is 1.62. The van der Waals surface area contributed by atoms with E-state index in [1.165, 1.54) is 6.39 Å². The lowest BCUT2D eigenvalue weighted by Gasteiger charge is -2.05. The number of nitrogens with zero attached hydrogens (tertiary/aromatic N) is 1. The van der Waals surface area contributed by atoms with Crippen LogP contribution in [-0.2, 0) is 6.42 Å². The summed E-state index contributed by atoms with van der Waals surface area (Å²) in [5.41, 5.74) is 6.81. The molecule has 0 aromatic carbocycles. The van der Waals surface area contributed by atoms with Gasteiger partial charge in [-0.15, -0.1) is 0 Å².